The van der Waals surface area contributed by atoms with Gasteiger partial charge in [-0.25, -0.2) is 0 Å². The lowest BCUT2D eigenvalue weighted by atomic mass is 10.0. The molecule has 0 atom stereocenters. The van der Waals surface area contributed by atoms with E-state index < -0.39 is 0 Å². The van der Waals surface area contributed by atoms with Crippen molar-refractivity contribution in [3.8, 4) is 0 Å². The first kappa shape index (κ1) is 15.0. The summed E-state index contributed by atoms with van der Waals surface area (Å²) < 4.78 is 7.30. The smallest absolute Gasteiger partial charge is 0.256 e. The van der Waals surface area contributed by atoms with E-state index in [0.717, 1.165) is 29.9 Å². The molecule has 2 N–H and O–H groups in total. The van der Waals surface area contributed by atoms with Crippen molar-refractivity contribution in [3.05, 3.63) is 47.3 Å². The van der Waals surface area contributed by atoms with E-state index in [4.69, 9.17) is 4.74 Å². The van der Waals surface area contributed by atoms with Crippen LogP contribution in [0.5, 0.6) is 0 Å². The largest absolute Gasteiger partial charge is 0.372 e. The van der Waals surface area contributed by atoms with Crippen LogP contribution in [0.25, 0.3) is 0 Å². The van der Waals surface area contributed by atoms with Crippen LogP contribution < -0.4 is 10.6 Å². The van der Waals surface area contributed by atoms with E-state index in [1.165, 1.54) is 0 Å². The third-order valence-electron chi connectivity index (χ3n) is 4.02. The third kappa shape index (κ3) is 2.61. The number of nitrogens with one attached hydrogen (secondary N) is 2. The number of benzene rings is 1. The molecule has 0 radical (unpaired) electrons. The van der Waals surface area contributed by atoms with Crippen LogP contribution in [0.4, 0.5) is 5.69 Å². The maximum absolute atomic E-state index is 12.4. The van der Waals surface area contributed by atoms with E-state index in [1.54, 1.807) is 6.20 Å². The maximum Gasteiger partial charge on any atom is 0.256 e. The second-order valence-corrected chi connectivity index (χ2v) is 5.41. The van der Waals surface area contributed by atoms with E-state index in [0.29, 0.717) is 24.8 Å². The Hall–Kier alpha value is -1.89. The first-order valence-corrected chi connectivity index (χ1v) is 7.06. The predicted octanol–water partition coefficient (Wildman–Crippen LogP) is 1.73. The summed E-state index contributed by atoms with van der Waals surface area (Å²) in [5.74, 6) is -0.108. The number of hydrogen-bond donors (Lipinski definition) is 2. The Labute approximate surface area is 134 Å². The SMILES string of the molecule is Cl.O=C(Nc1cnn(C2CNC2)c1)c1cccc2c1COC2. The highest BCUT2D eigenvalue weighted by Crippen LogP contribution is 2.24. The number of hydrogen-bond acceptors (Lipinski definition) is 4. The number of halogens is 1. The van der Waals surface area contributed by atoms with Crippen molar-refractivity contribution in [1.29, 1.82) is 0 Å². The molecule has 1 fully saturated rings. The summed E-state index contributed by atoms with van der Waals surface area (Å²) in [5.41, 5.74) is 3.50. The Morgan fingerprint density at radius 1 is 1.36 bits per heavy atom. The zero-order valence-corrected chi connectivity index (χ0v) is 12.7. The molecule has 1 aromatic heterocycles. The number of nitrogens with zero attached hydrogens (tertiary/aromatic N) is 2. The zero-order chi connectivity index (χ0) is 14.2. The van der Waals surface area contributed by atoms with E-state index >= 15 is 0 Å². The lowest BCUT2D eigenvalue weighted by Gasteiger charge is -2.27. The molecule has 7 heteroatoms. The van der Waals surface area contributed by atoms with Crippen LogP contribution in [0.15, 0.2) is 30.6 Å². The van der Waals surface area contributed by atoms with E-state index in [9.17, 15) is 4.79 Å². The van der Waals surface area contributed by atoms with Crippen molar-refractivity contribution >= 4 is 24.0 Å². The number of rotatable bonds is 3. The van der Waals surface area contributed by atoms with Gasteiger partial charge in [0, 0.05) is 24.8 Å². The van der Waals surface area contributed by atoms with Crippen LogP contribution >= 0.6 is 12.4 Å². The Bertz CT molecular complexity index is 697. The summed E-state index contributed by atoms with van der Waals surface area (Å²) in [7, 11) is 0. The molecule has 0 bridgehead atoms. The van der Waals surface area contributed by atoms with Crippen molar-refractivity contribution in [2.45, 2.75) is 19.3 Å². The second kappa shape index (κ2) is 6.08. The van der Waals surface area contributed by atoms with Gasteiger partial charge in [0.1, 0.15) is 0 Å². The van der Waals surface area contributed by atoms with Gasteiger partial charge in [-0.05, 0) is 17.2 Å². The van der Waals surface area contributed by atoms with Gasteiger partial charge in [0.15, 0.2) is 0 Å². The van der Waals surface area contributed by atoms with Gasteiger partial charge in [0.25, 0.3) is 5.91 Å². The summed E-state index contributed by atoms with van der Waals surface area (Å²) >= 11 is 0. The molecule has 6 nitrogen and oxygen atoms in total. The van der Waals surface area contributed by atoms with E-state index in [2.05, 4.69) is 15.7 Å². The third-order valence-corrected chi connectivity index (χ3v) is 4.02. The van der Waals surface area contributed by atoms with Gasteiger partial charge in [-0.2, -0.15) is 5.10 Å². The number of ether oxygens (including phenoxy) is 1. The van der Waals surface area contributed by atoms with E-state index in [-0.39, 0.29) is 18.3 Å². The topological polar surface area (TPSA) is 68.2 Å². The first-order valence-electron chi connectivity index (χ1n) is 7.06. The summed E-state index contributed by atoms with van der Waals surface area (Å²) in [6, 6.07) is 6.13. The molecule has 4 rings (SSSR count). The van der Waals surface area contributed by atoms with Crippen LogP contribution in [0.2, 0.25) is 0 Å². The van der Waals surface area contributed by atoms with Crippen molar-refractivity contribution in [1.82, 2.24) is 15.1 Å². The van der Waals surface area contributed by atoms with Crippen LogP contribution in [0.1, 0.15) is 27.5 Å². The number of fused-ring (bicyclic) bond motifs is 1. The molecule has 1 saturated heterocycles. The standard InChI is InChI=1S/C15H16N4O2.ClH/c20-15(13-3-1-2-10-8-21-9-14(10)13)18-11-4-17-19(7-11)12-5-16-6-12;/h1-4,7,12,16H,5-6,8-9H2,(H,18,20);1H. The van der Waals surface area contributed by atoms with Crippen LogP contribution in [0, 0.1) is 0 Å². The summed E-state index contributed by atoms with van der Waals surface area (Å²) in [5, 5.41) is 10.4. The minimum Gasteiger partial charge on any atom is -0.372 e. The number of carbonyl (C=O) groups is 1. The first-order chi connectivity index (χ1) is 10.3. The average Bonchev–Trinajstić information content (AvgIpc) is 3.05. The van der Waals surface area contributed by atoms with Gasteiger partial charge in [0.2, 0.25) is 0 Å². The van der Waals surface area contributed by atoms with Gasteiger partial charge in [0.05, 0.1) is 31.1 Å². The summed E-state index contributed by atoms with van der Waals surface area (Å²) in [6.45, 7) is 2.95. The average molecular weight is 321 g/mol. The van der Waals surface area contributed by atoms with Crippen molar-refractivity contribution in [2.75, 3.05) is 18.4 Å². The van der Waals surface area contributed by atoms with Gasteiger partial charge >= 0.3 is 0 Å². The highest BCUT2D eigenvalue weighted by molar-refractivity contribution is 6.05. The molecule has 1 amide bonds. The summed E-state index contributed by atoms with van der Waals surface area (Å²) in [6.07, 6.45) is 3.57. The van der Waals surface area contributed by atoms with Crippen LogP contribution in [0.3, 0.4) is 0 Å². The molecule has 2 aliphatic heterocycles. The predicted molar refractivity (Wildman–Crippen MR) is 84.3 cm³/mol. The molecule has 2 aromatic rings. The number of amides is 1. The van der Waals surface area contributed by atoms with Crippen molar-refractivity contribution in [3.63, 3.8) is 0 Å². The number of aromatic nitrogens is 2. The van der Waals surface area contributed by atoms with Gasteiger partial charge in [-0.15, -0.1) is 12.4 Å². The molecule has 116 valence electrons. The Balaban J connectivity index is 0.00000144. The lowest BCUT2D eigenvalue weighted by molar-refractivity contribution is 0.102. The van der Waals surface area contributed by atoms with Gasteiger partial charge in [-0.1, -0.05) is 12.1 Å². The molecule has 0 aliphatic carbocycles. The zero-order valence-electron chi connectivity index (χ0n) is 11.9. The highest BCUT2D eigenvalue weighted by atomic mass is 35.5. The second-order valence-electron chi connectivity index (χ2n) is 5.41. The number of anilines is 1. The van der Waals surface area contributed by atoms with E-state index in [1.807, 2.05) is 29.1 Å². The number of carbonyl (C=O) groups excluding carboxylic acids is 1. The highest BCUT2D eigenvalue weighted by Gasteiger charge is 2.21. The Kier molecular flexibility index (Phi) is 4.15. The molecular weight excluding hydrogens is 304 g/mol. The monoisotopic (exact) mass is 320 g/mol. The minimum atomic E-state index is -0.108. The van der Waals surface area contributed by atoms with Crippen molar-refractivity contribution < 1.29 is 9.53 Å². The Morgan fingerprint density at radius 2 is 2.23 bits per heavy atom. The van der Waals surface area contributed by atoms with Crippen LogP contribution in [-0.2, 0) is 18.0 Å². The molecule has 22 heavy (non-hydrogen) atoms. The lowest BCUT2D eigenvalue weighted by Crippen LogP contribution is -2.43. The molecule has 2 aliphatic rings. The van der Waals surface area contributed by atoms with Gasteiger partial charge < -0.3 is 15.4 Å². The molecule has 0 spiro atoms. The molecule has 3 heterocycles. The quantitative estimate of drug-likeness (QED) is 0.904. The van der Waals surface area contributed by atoms with Gasteiger partial charge in [-0.3, -0.25) is 9.48 Å². The fourth-order valence-corrected chi connectivity index (χ4v) is 2.68. The molecular formula is C15H17ClN4O2. The molecule has 0 saturated carbocycles. The maximum atomic E-state index is 12.4. The molecule has 0 unspecified atom stereocenters. The normalized spacial score (nSPS) is 16.5. The fraction of sp³-hybridized carbons (Fsp3) is 0.333. The van der Waals surface area contributed by atoms with Crippen LogP contribution in [-0.4, -0.2) is 28.8 Å². The molecule has 1 aromatic carbocycles. The Morgan fingerprint density at radius 3 is 3.00 bits per heavy atom. The summed E-state index contributed by atoms with van der Waals surface area (Å²) in [4.78, 5) is 12.4. The minimum absolute atomic E-state index is 0. The fourth-order valence-electron chi connectivity index (χ4n) is 2.68. The van der Waals surface area contributed by atoms with Crippen molar-refractivity contribution in [2.24, 2.45) is 0 Å².